The summed E-state index contributed by atoms with van der Waals surface area (Å²) in [4.78, 5) is 32.3. The first-order valence-corrected chi connectivity index (χ1v) is 6.21. The second-order valence-electron chi connectivity index (χ2n) is 4.32. The van der Waals surface area contributed by atoms with Crippen LogP contribution in [0.15, 0.2) is 0 Å². The molecule has 10 heteroatoms. The van der Waals surface area contributed by atoms with Gasteiger partial charge in [-0.25, -0.2) is 0 Å². The summed E-state index contributed by atoms with van der Waals surface area (Å²) >= 11 is 0. The molecule has 1 amide bonds. The third kappa shape index (κ3) is 7.99. The lowest BCUT2D eigenvalue weighted by atomic mass is 10.2. The minimum absolute atomic E-state index is 0.139. The van der Waals surface area contributed by atoms with Crippen LogP contribution in [0.1, 0.15) is 27.7 Å². The molecular weight excluding hydrogens is 320 g/mol. The summed E-state index contributed by atoms with van der Waals surface area (Å²) in [6.45, 7) is 9.52. The summed E-state index contributed by atoms with van der Waals surface area (Å²) in [6.07, 6.45) is -11.5. The van der Waals surface area contributed by atoms with Crippen molar-refractivity contribution in [2.24, 2.45) is 5.92 Å². The molecule has 0 rings (SSSR count). The van der Waals surface area contributed by atoms with Gasteiger partial charge in [-0.2, -0.15) is 26.3 Å². The van der Waals surface area contributed by atoms with Crippen molar-refractivity contribution in [1.82, 2.24) is 4.90 Å². The molecule has 130 valence electrons. The van der Waals surface area contributed by atoms with E-state index in [0.29, 0.717) is 0 Å². The van der Waals surface area contributed by atoms with Crippen molar-refractivity contribution < 1.29 is 40.7 Å². The first-order valence-electron chi connectivity index (χ1n) is 6.21. The van der Waals surface area contributed by atoms with E-state index in [-0.39, 0.29) is 11.8 Å². The van der Waals surface area contributed by atoms with Crippen LogP contribution in [-0.4, -0.2) is 47.8 Å². The lowest BCUT2D eigenvalue weighted by Crippen LogP contribution is -2.39. The molecule has 0 fully saturated rings. The van der Waals surface area contributed by atoms with Gasteiger partial charge >= 0.3 is 23.9 Å². The van der Waals surface area contributed by atoms with E-state index in [1.807, 2.05) is 32.6 Å². The zero-order chi connectivity index (χ0) is 18.3. The molecule has 0 bridgehead atoms. The SMILES string of the molecule is CCN(CC)C(=O)C(C)C.O=C(C(=O)C(F)(F)F)C(F)(F)F. The molecule has 0 atom stereocenters. The van der Waals surface area contributed by atoms with Crippen LogP contribution in [0.25, 0.3) is 0 Å². The smallest absolute Gasteiger partial charge is 0.343 e. The van der Waals surface area contributed by atoms with E-state index in [9.17, 15) is 40.7 Å². The zero-order valence-corrected chi connectivity index (χ0v) is 12.4. The Morgan fingerprint density at radius 3 is 1.18 bits per heavy atom. The Bertz CT molecular complexity index is 373. The van der Waals surface area contributed by atoms with Gasteiger partial charge in [0.15, 0.2) is 0 Å². The van der Waals surface area contributed by atoms with E-state index in [2.05, 4.69) is 0 Å². The van der Waals surface area contributed by atoms with Crippen LogP contribution < -0.4 is 0 Å². The zero-order valence-electron chi connectivity index (χ0n) is 12.4. The van der Waals surface area contributed by atoms with Gasteiger partial charge < -0.3 is 4.90 Å². The average molecular weight is 337 g/mol. The van der Waals surface area contributed by atoms with Crippen LogP contribution in [0.2, 0.25) is 0 Å². The Kier molecular flexibility index (Phi) is 9.01. The molecule has 0 heterocycles. The monoisotopic (exact) mass is 337 g/mol. The van der Waals surface area contributed by atoms with E-state index in [1.54, 1.807) is 0 Å². The van der Waals surface area contributed by atoms with E-state index in [0.717, 1.165) is 13.1 Å². The first kappa shape index (κ1) is 22.7. The minimum Gasteiger partial charge on any atom is -0.343 e. The molecule has 0 aromatic rings. The molecule has 0 N–H and O–H groups in total. The summed E-state index contributed by atoms with van der Waals surface area (Å²) < 4.78 is 67.0. The van der Waals surface area contributed by atoms with Crippen LogP contribution in [-0.2, 0) is 14.4 Å². The van der Waals surface area contributed by atoms with Crippen molar-refractivity contribution in [3.05, 3.63) is 0 Å². The van der Waals surface area contributed by atoms with Gasteiger partial charge in [-0.05, 0) is 13.8 Å². The summed E-state index contributed by atoms with van der Waals surface area (Å²) in [5, 5.41) is 0. The number of halogens is 6. The highest BCUT2D eigenvalue weighted by Gasteiger charge is 2.54. The molecule has 0 aromatic carbocycles. The predicted octanol–water partition coefficient (Wildman–Crippen LogP) is 2.76. The Balaban J connectivity index is 0. The van der Waals surface area contributed by atoms with Crippen molar-refractivity contribution in [3.8, 4) is 0 Å². The summed E-state index contributed by atoms with van der Waals surface area (Å²) in [5.41, 5.74) is 0. The largest absolute Gasteiger partial charge is 0.458 e. The third-order valence-electron chi connectivity index (χ3n) is 2.29. The molecule has 0 saturated carbocycles. The summed E-state index contributed by atoms with van der Waals surface area (Å²) in [5.74, 6) is -6.42. The number of ketones is 2. The molecule has 0 radical (unpaired) electrons. The van der Waals surface area contributed by atoms with Crippen molar-refractivity contribution in [2.75, 3.05) is 13.1 Å². The Labute approximate surface area is 123 Å². The molecule has 0 unspecified atom stereocenters. The number of carbonyl (C=O) groups excluding carboxylic acids is 3. The third-order valence-corrected chi connectivity index (χ3v) is 2.29. The normalized spacial score (nSPS) is 11.6. The van der Waals surface area contributed by atoms with E-state index < -0.39 is 23.9 Å². The number of hydrogen-bond donors (Lipinski definition) is 0. The number of carbonyl (C=O) groups is 3. The fraction of sp³-hybridized carbons (Fsp3) is 0.750. The highest BCUT2D eigenvalue weighted by molar-refractivity contribution is 6.41. The molecule has 0 aromatic heterocycles. The summed E-state index contributed by atoms with van der Waals surface area (Å²) in [6, 6.07) is 0. The lowest BCUT2D eigenvalue weighted by molar-refractivity contribution is -0.193. The van der Waals surface area contributed by atoms with E-state index >= 15 is 0 Å². The van der Waals surface area contributed by atoms with E-state index in [4.69, 9.17) is 0 Å². The second kappa shape index (κ2) is 8.74. The van der Waals surface area contributed by atoms with Crippen molar-refractivity contribution in [3.63, 3.8) is 0 Å². The lowest BCUT2D eigenvalue weighted by Gasteiger charge is -2.20. The van der Waals surface area contributed by atoms with Crippen molar-refractivity contribution in [1.29, 1.82) is 0 Å². The molecule has 0 aliphatic rings. The standard InChI is InChI=1S/C8H17NO.C4F6O2/c1-5-9(6-2)8(10)7(3)4;5-3(6,7)1(11)2(12)4(8,9)10/h7H,5-6H2,1-4H3;. The fourth-order valence-electron chi connectivity index (χ4n) is 1.16. The molecule has 0 aliphatic carbocycles. The summed E-state index contributed by atoms with van der Waals surface area (Å²) in [7, 11) is 0. The van der Waals surface area contributed by atoms with Crippen LogP contribution in [0.5, 0.6) is 0 Å². The molecular formula is C12H17F6NO3. The van der Waals surface area contributed by atoms with Gasteiger partial charge in [0.1, 0.15) is 0 Å². The molecule has 4 nitrogen and oxygen atoms in total. The van der Waals surface area contributed by atoms with Gasteiger partial charge in [-0.15, -0.1) is 0 Å². The quantitative estimate of drug-likeness (QED) is 0.585. The average Bonchev–Trinajstić information content (AvgIpc) is 2.36. The molecule has 0 saturated heterocycles. The number of nitrogens with zero attached hydrogens (tertiary/aromatic N) is 1. The van der Waals surface area contributed by atoms with Crippen molar-refractivity contribution >= 4 is 17.5 Å². The van der Waals surface area contributed by atoms with Gasteiger partial charge in [0.25, 0.3) is 0 Å². The van der Waals surface area contributed by atoms with Crippen LogP contribution in [0, 0.1) is 5.92 Å². The highest BCUT2D eigenvalue weighted by Crippen LogP contribution is 2.23. The maximum atomic E-state index is 11.2. The van der Waals surface area contributed by atoms with E-state index in [1.165, 1.54) is 0 Å². The number of rotatable bonds is 4. The fourth-order valence-corrected chi connectivity index (χ4v) is 1.16. The molecule has 22 heavy (non-hydrogen) atoms. The Morgan fingerprint density at radius 2 is 1.09 bits per heavy atom. The number of Topliss-reactive ketones (excluding diaryl/α,β-unsaturated/α-hetero) is 2. The maximum absolute atomic E-state index is 11.2. The van der Waals surface area contributed by atoms with Gasteiger partial charge in [0.05, 0.1) is 0 Å². The van der Waals surface area contributed by atoms with Crippen molar-refractivity contribution in [2.45, 2.75) is 40.0 Å². The minimum atomic E-state index is -5.77. The Hall–Kier alpha value is -1.61. The second-order valence-corrected chi connectivity index (χ2v) is 4.32. The number of alkyl halides is 6. The maximum Gasteiger partial charge on any atom is 0.458 e. The van der Waals surface area contributed by atoms with Gasteiger partial charge in [-0.1, -0.05) is 13.8 Å². The topological polar surface area (TPSA) is 54.5 Å². The van der Waals surface area contributed by atoms with Gasteiger partial charge in [-0.3, -0.25) is 14.4 Å². The Morgan fingerprint density at radius 1 is 0.818 bits per heavy atom. The van der Waals surface area contributed by atoms with Crippen LogP contribution >= 0.6 is 0 Å². The number of amides is 1. The molecule has 0 aliphatic heterocycles. The van der Waals surface area contributed by atoms with Crippen LogP contribution in [0.3, 0.4) is 0 Å². The van der Waals surface area contributed by atoms with Crippen LogP contribution in [0.4, 0.5) is 26.3 Å². The number of hydrogen-bond acceptors (Lipinski definition) is 3. The van der Waals surface area contributed by atoms with Gasteiger partial charge in [0, 0.05) is 19.0 Å². The molecule has 0 spiro atoms. The predicted molar refractivity (Wildman–Crippen MR) is 64.9 cm³/mol. The highest BCUT2D eigenvalue weighted by atomic mass is 19.4. The first-order chi connectivity index (χ1) is 9.69. The van der Waals surface area contributed by atoms with Gasteiger partial charge in [0.2, 0.25) is 5.91 Å².